The third kappa shape index (κ3) is 5.41. The zero-order valence-electron chi connectivity index (χ0n) is 34.0. The number of nitrogens with zero attached hydrogens (tertiary/aromatic N) is 2. The van der Waals surface area contributed by atoms with Crippen LogP contribution in [-0.4, -0.2) is 9.97 Å². The molecule has 2 aliphatic rings. The molecule has 0 fully saturated rings. The van der Waals surface area contributed by atoms with Crippen LogP contribution in [0.2, 0.25) is 0 Å². The van der Waals surface area contributed by atoms with E-state index in [9.17, 15) is 0 Å². The monoisotopic (exact) mass is 804 g/mol. The molecule has 294 valence electrons. The number of para-hydroxylation sites is 3. The molecule has 1 aliphatic heterocycles. The maximum absolute atomic E-state index is 6.80. The van der Waals surface area contributed by atoms with Gasteiger partial charge in [-0.15, -0.1) is 0 Å². The van der Waals surface area contributed by atoms with Gasteiger partial charge < -0.3 is 9.15 Å². The fourth-order valence-corrected chi connectivity index (χ4v) is 10.1. The molecule has 0 N–H and O–H groups in total. The molecule has 11 aromatic rings. The molecule has 4 nitrogen and oxygen atoms in total. The molecule has 13 rings (SSSR count). The van der Waals surface area contributed by atoms with E-state index < -0.39 is 5.41 Å². The standard InChI is InChI=1S/C59H36N2O2/c1-2-13-39(14-3-1)52-36-53(40-29-27-38(28-30-40)43-18-12-19-47-46-17-6-10-23-54(46)63-57(43)47)61-58(60-52)41-31-25-37(26-32-41)42-33-34-51-56(35-42)62-55-24-11-9-22-50(55)59(51)48-20-7-4-15-44(48)45-16-5-8-21-49(45)59/h1-36H. The second-order valence-corrected chi connectivity index (χ2v) is 16.4. The lowest BCUT2D eigenvalue weighted by molar-refractivity contribution is 0.436. The Hall–Kier alpha value is -8.34. The maximum atomic E-state index is 6.80. The van der Waals surface area contributed by atoms with Gasteiger partial charge >= 0.3 is 0 Å². The number of hydrogen-bond donors (Lipinski definition) is 0. The highest BCUT2D eigenvalue weighted by Crippen LogP contribution is 2.62. The first-order valence-electron chi connectivity index (χ1n) is 21.4. The van der Waals surface area contributed by atoms with Gasteiger partial charge in [0.25, 0.3) is 0 Å². The highest BCUT2D eigenvalue weighted by Gasteiger charge is 2.50. The van der Waals surface area contributed by atoms with E-state index in [2.05, 4.69) is 188 Å². The summed E-state index contributed by atoms with van der Waals surface area (Å²) in [6, 6.07) is 77.0. The minimum Gasteiger partial charge on any atom is -0.457 e. The van der Waals surface area contributed by atoms with Gasteiger partial charge in [0.05, 0.1) is 16.8 Å². The molecule has 0 bridgehead atoms. The summed E-state index contributed by atoms with van der Waals surface area (Å²) in [4.78, 5) is 10.3. The molecular weight excluding hydrogens is 769 g/mol. The number of rotatable bonds is 5. The lowest BCUT2D eigenvalue weighted by atomic mass is 9.66. The Morgan fingerprint density at radius 1 is 0.333 bits per heavy atom. The van der Waals surface area contributed by atoms with Crippen molar-refractivity contribution in [1.82, 2.24) is 9.97 Å². The van der Waals surface area contributed by atoms with E-state index in [4.69, 9.17) is 19.1 Å². The Morgan fingerprint density at radius 3 is 1.63 bits per heavy atom. The maximum Gasteiger partial charge on any atom is 0.160 e. The summed E-state index contributed by atoms with van der Waals surface area (Å²) in [5, 5.41) is 2.24. The summed E-state index contributed by atoms with van der Waals surface area (Å²) in [5.41, 5.74) is 17.7. The van der Waals surface area contributed by atoms with Crippen molar-refractivity contribution in [3.05, 3.63) is 241 Å². The Bertz CT molecular complexity index is 3540. The molecule has 1 spiro atoms. The fourth-order valence-electron chi connectivity index (χ4n) is 10.1. The van der Waals surface area contributed by atoms with Crippen LogP contribution in [0.1, 0.15) is 22.3 Å². The van der Waals surface area contributed by atoms with E-state index in [0.29, 0.717) is 5.82 Å². The first-order valence-corrected chi connectivity index (χ1v) is 21.4. The largest absolute Gasteiger partial charge is 0.457 e. The van der Waals surface area contributed by atoms with Gasteiger partial charge in [0, 0.05) is 44.2 Å². The van der Waals surface area contributed by atoms with Crippen LogP contribution in [0.4, 0.5) is 0 Å². The van der Waals surface area contributed by atoms with Crippen LogP contribution in [0.3, 0.4) is 0 Å². The van der Waals surface area contributed by atoms with E-state index in [1.165, 1.54) is 27.8 Å². The summed E-state index contributed by atoms with van der Waals surface area (Å²) in [6.07, 6.45) is 0. The first kappa shape index (κ1) is 35.4. The molecular formula is C59H36N2O2. The van der Waals surface area contributed by atoms with Gasteiger partial charge in [-0.3, -0.25) is 0 Å². The SMILES string of the molecule is c1ccc(-c2cc(-c3ccc(-c4cccc5c4oc4ccccc45)cc3)nc(-c3ccc(-c4ccc5c(c4)Oc4ccccc4C54c5ccccc5-c5ccccc54)cc3)n2)cc1. The van der Waals surface area contributed by atoms with Gasteiger partial charge in [-0.25, -0.2) is 9.97 Å². The van der Waals surface area contributed by atoms with E-state index >= 15 is 0 Å². The van der Waals surface area contributed by atoms with Crippen molar-refractivity contribution in [2.24, 2.45) is 0 Å². The van der Waals surface area contributed by atoms with Gasteiger partial charge in [0.15, 0.2) is 5.82 Å². The average Bonchev–Trinajstić information content (AvgIpc) is 3.88. The minimum atomic E-state index is -0.485. The molecule has 4 heteroatoms. The zero-order valence-corrected chi connectivity index (χ0v) is 34.0. The highest BCUT2D eigenvalue weighted by molar-refractivity contribution is 6.09. The summed E-state index contributed by atoms with van der Waals surface area (Å²) in [5.74, 6) is 2.42. The lowest BCUT2D eigenvalue weighted by Crippen LogP contribution is -2.32. The molecule has 0 atom stereocenters. The van der Waals surface area contributed by atoms with Crippen molar-refractivity contribution < 1.29 is 9.15 Å². The van der Waals surface area contributed by atoms with Gasteiger partial charge in [0.1, 0.15) is 22.7 Å². The molecule has 0 saturated heterocycles. The van der Waals surface area contributed by atoms with E-state index in [0.717, 1.165) is 89.3 Å². The predicted octanol–water partition coefficient (Wildman–Crippen LogP) is 15.2. The van der Waals surface area contributed by atoms with Crippen LogP contribution in [0.5, 0.6) is 11.5 Å². The molecule has 0 unspecified atom stereocenters. The van der Waals surface area contributed by atoms with Crippen molar-refractivity contribution >= 4 is 21.9 Å². The van der Waals surface area contributed by atoms with E-state index in [-0.39, 0.29) is 0 Å². The topological polar surface area (TPSA) is 48.2 Å². The molecule has 2 aromatic heterocycles. The quantitative estimate of drug-likeness (QED) is 0.174. The normalized spacial score (nSPS) is 13.0. The summed E-state index contributed by atoms with van der Waals surface area (Å²) < 4.78 is 13.2. The molecule has 0 amide bonds. The number of aromatic nitrogens is 2. The third-order valence-corrected chi connectivity index (χ3v) is 13.0. The molecule has 0 saturated carbocycles. The van der Waals surface area contributed by atoms with Crippen LogP contribution in [0.15, 0.2) is 223 Å². The number of ether oxygens (including phenoxy) is 1. The van der Waals surface area contributed by atoms with Gasteiger partial charge in [-0.2, -0.15) is 0 Å². The van der Waals surface area contributed by atoms with Crippen molar-refractivity contribution in [2.45, 2.75) is 5.41 Å². The van der Waals surface area contributed by atoms with E-state index in [1.54, 1.807) is 0 Å². The molecule has 9 aromatic carbocycles. The summed E-state index contributed by atoms with van der Waals surface area (Å²) >= 11 is 0. The van der Waals surface area contributed by atoms with Crippen molar-refractivity contribution in [3.63, 3.8) is 0 Å². The minimum absolute atomic E-state index is 0.485. The Kier molecular flexibility index (Phi) is 7.79. The molecule has 0 radical (unpaired) electrons. The van der Waals surface area contributed by atoms with E-state index in [1.807, 2.05) is 30.3 Å². The summed E-state index contributed by atoms with van der Waals surface area (Å²) in [6.45, 7) is 0. The average molecular weight is 805 g/mol. The van der Waals surface area contributed by atoms with Crippen molar-refractivity contribution in [2.75, 3.05) is 0 Å². The fraction of sp³-hybridized carbons (Fsp3) is 0.0169. The van der Waals surface area contributed by atoms with Crippen LogP contribution in [-0.2, 0) is 5.41 Å². The predicted molar refractivity (Wildman–Crippen MR) is 254 cm³/mol. The second-order valence-electron chi connectivity index (χ2n) is 16.4. The lowest BCUT2D eigenvalue weighted by Gasteiger charge is -2.39. The van der Waals surface area contributed by atoms with Gasteiger partial charge in [0.2, 0.25) is 0 Å². The van der Waals surface area contributed by atoms with Crippen LogP contribution in [0.25, 0.3) is 89.2 Å². The van der Waals surface area contributed by atoms with Crippen molar-refractivity contribution in [1.29, 1.82) is 0 Å². The number of hydrogen-bond acceptors (Lipinski definition) is 4. The summed E-state index contributed by atoms with van der Waals surface area (Å²) in [7, 11) is 0. The molecule has 3 heterocycles. The molecule has 63 heavy (non-hydrogen) atoms. The zero-order chi connectivity index (χ0) is 41.5. The van der Waals surface area contributed by atoms with Crippen LogP contribution in [0, 0.1) is 0 Å². The Balaban J connectivity index is 0.872. The third-order valence-electron chi connectivity index (χ3n) is 13.0. The number of fused-ring (bicyclic) bond motifs is 12. The van der Waals surface area contributed by atoms with Gasteiger partial charge in [-0.1, -0.05) is 194 Å². The highest BCUT2D eigenvalue weighted by atomic mass is 16.5. The van der Waals surface area contributed by atoms with Crippen LogP contribution < -0.4 is 4.74 Å². The second kappa shape index (κ2) is 13.8. The first-order chi connectivity index (χ1) is 31.2. The Morgan fingerprint density at radius 2 is 0.873 bits per heavy atom. The number of furan rings is 1. The smallest absolute Gasteiger partial charge is 0.160 e. The van der Waals surface area contributed by atoms with Gasteiger partial charge in [-0.05, 0) is 63.2 Å². The Labute approximate surface area is 364 Å². The molecule has 1 aliphatic carbocycles. The van der Waals surface area contributed by atoms with Crippen molar-refractivity contribution in [3.8, 4) is 78.8 Å². The number of benzene rings is 9. The van der Waals surface area contributed by atoms with Crippen LogP contribution >= 0.6 is 0 Å².